The molecule has 0 radical (unpaired) electrons. The molecule has 0 aromatic heterocycles. The molecule has 1 aliphatic heterocycles. The highest BCUT2D eigenvalue weighted by molar-refractivity contribution is 6.08. The predicted molar refractivity (Wildman–Crippen MR) is 90.2 cm³/mol. The maximum Gasteiger partial charge on any atom is 0.237 e. The van der Waals surface area contributed by atoms with Gasteiger partial charge in [0.05, 0.1) is 5.69 Å². The van der Waals surface area contributed by atoms with Crippen LogP contribution in [0.15, 0.2) is 42.5 Å². The molecule has 2 aromatic carbocycles. The molecular formula is C19H19FN2O2. The summed E-state index contributed by atoms with van der Waals surface area (Å²) in [6, 6.07) is 12.5. The van der Waals surface area contributed by atoms with Crippen LogP contribution >= 0.6 is 0 Å². The van der Waals surface area contributed by atoms with Crippen molar-refractivity contribution in [2.75, 3.05) is 11.9 Å². The molecule has 124 valence electrons. The third kappa shape index (κ3) is 3.02. The fourth-order valence-electron chi connectivity index (χ4n) is 3.09. The molecule has 0 saturated carbocycles. The van der Waals surface area contributed by atoms with E-state index in [0.717, 1.165) is 11.1 Å². The second kappa shape index (κ2) is 6.43. The first-order valence-corrected chi connectivity index (χ1v) is 7.87. The van der Waals surface area contributed by atoms with Gasteiger partial charge in [-0.25, -0.2) is 4.39 Å². The van der Waals surface area contributed by atoms with E-state index in [4.69, 9.17) is 0 Å². The van der Waals surface area contributed by atoms with E-state index in [-0.39, 0.29) is 17.5 Å². The standard InChI is InChI=1S/C19H19FN2O2/c1-11-5-3-7-13(9-11)14-10-21-18(23)16(14)19(24)22-15-8-4-6-12(2)17(15)20/h3-9,14,16H,10H2,1-2H3,(H,21,23)(H,22,24). The van der Waals surface area contributed by atoms with Gasteiger partial charge >= 0.3 is 0 Å². The quantitative estimate of drug-likeness (QED) is 0.852. The first kappa shape index (κ1) is 16.2. The number of aryl methyl sites for hydroxylation is 2. The van der Waals surface area contributed by atoms with Gasteiger partial charge in [0.1, 0.15) is 11.7 Å². The average molecular weight is 326 g/mol. The Morgan fingerprint density at radius 2 is 1.96 bits per heavy atom. The molecule has 2 amide bonds. The number of carbonyl (C=O) groups excluding carboxylic acids is 2. The van der Waals surface area contributed by atoms with Gasteiger partial charge < -0.3 is 10.6 Å². The number of nitrogens with one attached hydrogen (secondary N) is 2. The molecule has 0 aliphatic carbocycles. The van der Waals surface area contributed by atoms with Crippen LogP contribution in [0.25, 0.3) is 0 Å². The summed E-state index contributed by atoms with van der Waals surface area (Å²) in [6.07, 6.45) is 0. The minimum absolute atomic E-state index is 0.0997. The SMILES string of the molecule is Cc1cccc(C2CNC(=O)C2C(=O)Nc2cccc(C)c2F)c1. The molecular weight excluding hydrogens is 307 g/mol. The molecule has 2 N–H and O–H groups in total. The summed E-state index contributed by atoms with van der Waals surface area (Å²) in [7, 11) is 0. The second-order valence-electron chi connectivity index (χ2n) is 6.17. The van der Waals surface area contributed by atoms with E-state index in [1.165, 1.54) is 6.07 Å². The van der Waals surface area contributed by atoms with E-state index in [2.05, 4.69) is 10.6 Å². The summed E-state index contributed by atoms with van der Waals surface area (Å²) in [5.41, 5.74) is 2.54. The van der Waals surface area contributed by atoms with Crippen molar-refractivity contribution in [1.29, 1.82) is 0 Å². The van der Waals surface area contributed by atoms with E-state index >= 15 is 0 Å². The van der Waals surface area contributed by atoms with Gasteiger partial charge in [0.15, 0.2) is 0 Å². The number of hydrogen-bond acceptors (Lipinski definition) is 2. The summed E-state index contributed by atoms with van der Waals surface area (Å²) in [6.45, 7) is 3.99. The van der Waals surface area contributed by atoms with Crippen LogP contribution in [0.4, 0.5) is 10.1 Å². The molecule has 2 unspecified atom stereocenters. The van der Waals surface area contributed by atoms with Crippen molar-refractivity contribution in [1.82, 2.24) is 5.32 Å². The van der Waals surface area contributed by atoms with Crippen molar-refractivity contribution >= 4 is 17.5 Å². The number of benzene rings is 2. The van der Waals surface area contributed by atoms with Gasteiger partial charge in [-0.05, 0) is 31.0 Å². The van der Waals surface area contributed by atoms with E-state index in [0.29, 0.717) is 12.1 Å². The van der Waals surface area contributed by atoms with Gasteiger partial charge in [0, 0.05) is 12.5 Å². The summed E-state index contributed by atoms with van der Waals surface area (Å²) in [5.74, 6) is -2.42. The van der Waals surface area contributed by atoms with Crippen molar-refractivity contribution in [2.24, 2.45) is 5.92 Å². The Morgan fingerprint density at radius 1 is 1.21 bits per heavy atom. The van der Waals surface area contributed by atoms with Gasteiger partial charge in [-0.2, -0.15) is 0 Å². The molecule has 1 fully saturated rings. The third-order valence-corrected chi connectivity index (χ3v) is 4.38. The predicted octanol–water partition coefficient (Wildman–Crippen LogP) is 2.91. The molecule has 3 rings (SSSR count). The van der Waals surface area contributed by atoms with Crippen molar-refractivity contribution in [3.8, 4) is 0 Å². The summed E-state index contributed by atoms with van der Waals surface area (Å²) < 4.78 is 14.1. The Labute approximate surface area is 140 Å². The van der Waals surface area contributed by atoms with Gasteiger partial charge in [-0.15, -0.1) is 0 Å². The molecule has 1 saturated heterocycles. The van der Waals surface area contributed by atoms with Crippen molar-refractivity contribution in [3.05, 3.63) is 65.0 Å². The monoisotopic (exact) mass is 326 g/mol. The molecule has 1 aliphatic rings. The van der Waals surface area contributed by atoms with Crippen LogP contribution in [0, 0.1) is 25.6 Å². The number of rotatable bonds is 3. The first-order chi connectivity index (χ1) is 11.5. The lowest BCUT2D eigenvalue weighted by Crippen LogP contribution is -2.32. The van der Waals surface area contributed by atoms with Crippen molar-refractivity contribution < 1.29 is 14.0 Å². The molecule has 4 nitrogen and oxygen atoms in total. The van der Waals surface area contributed by atoms with Crippen LogP contribution in [0.3, 0.4) is 0 Å². The Hall–Kier alpha value is -2.69. The summed E-state index contributed by atoms with van der Waals surface area (Å²) >= 11 is 0. The molecule has 24 heavy (non-hydrogen) atoms. The third-order valence-electron chi connectivity index (χ3n) is 4.38. The Kier molecular flexibility index (Phi) is 4.34. The van der Waals surface area contributed by atoms with E-state index in [1.54, 1.807) is 19.1 Å². The highest BCUT2D eigenvalue weighted by Crippen LogP contribution is 2.31. The minimum Gasteiger partial charge on any atom is -0.355 e. The maximum atomic E-state index is 14.1. The van der Waals surface area contributed by atoms with E-state index in [9.17, 15) is 14.0 Å². The zero-order valence-electron chi connectivity index (χ0n) is 13.6. The Balaban J connectivity index is 1.86. The highest BCUT2D eigenvalue weighted by atomic mass is 19.1. The first-order valence-electron chi connectivity index (χ1n) is 7.87. The highest BCUT2D eigenvalue weighted by Gasteiger charge is 2.41. The fourth-order valence-corrected chi connectivity index (χ4v) is 3.09. The number of halogens is 1. The Bertz CT molecular complexity index is 804. The molecule has 0 bridgehead atoms. The van der Waals surface area contributed by atoms with Crippen LogP contribution in [0.5, 0.6) is 0 Å². The largest absolute Gasteiger partial charge is 0.355 e. The van der Waals surface area contributed by atoms with Crippen LogP contribution in [0.2, 0.25) is 0 Å². The lowest BCUT2D eigenvalue weighted by atomic mass is 9.87. The topological polar surface area (TPSA) is 58.2 Å². The zero-order chi connectivity index (χ0) is 17.3. The van der Waals surface area contributed by atoms with Gasteiger partial charge in [0.2, 0.25) is 11.8 Å². The van der Waals surface area contributed by atoms with Crippen LogP contribution in [-0.2, 0) is 9.59 Å². The second-order valence-corrected chi connectivity index (χ2v) is 6.17. The molecule has 0 spiro atoms. The smallest absolute Gasteiger partial charge is 0.237 e. The van der Waals surface area contributed by atoms with Gasteiger partial charge in [-0.3, -0.25) is 9.59 Å². The molecule has 5 heteroatoms. The summed E-state index contributed by atoms with van der Waals surface area (Å²) in [5, 5.41) is 5.30. The van der Waals surface area contributed by atoms with Crippen molar-refractivity contribution in [3.63, 3.8) is 0 Å². The number of amides is 2. The van der Waals surface area contributed by atoms with Crippen LogP contribution < -0.4 is 10.6 Å². The molecule has 2 atom stereocenters. The van der Waals surface area contributed by atoms with Crippen LogP contribution in [-0.4, -0.2) is 18.4 Å². The fraction of sp³-hybridized carbons (Fsp3) is 0.263. The zero-order valence-corrected chi connectivity index (χ0v) is 13.6. The van der Waals surface area contributed by atoms with Gasteiger partial charge in [0.25, 0.3) is 0 Å². The van der Waals surface area contributed by atoms with E-state index in [1.807, 2.05) is 31.2 Å². The number of hydrogen-bond donors (Lipinski definition) is 2. The lowest BCUT2D eigenvalue weighted by molar-refractivity contribution is -0.130. The lowest BCUT2D eigenvalue weighted by Gasteiger charge is -2.18. The van der Waals surface area contributed by atoms with Gasteiger partial charge in [-0.1, -0.05) is 42.0 Å². The molecule has 2 aromatic rings. The van der Waals surface area contributed by atoms with E-state index < -0.39 is 17.6 Å². The molecule has 1 heterocycles. The summed E-state index contributed by atoms with van der Waals surface area (Å²) in [4.78, 5) is 24.8. The minimum atomic E-state index is -0.869. The normalized spacial score (nSPS) is 19.9. The van der Waals surface area contributed by atoms with Crippen LogP contribution in [0.1, 0.15) is 22.6 Å². The Morgan fingerprint density at radius 3 is 2.71 bits per heavy atom. The average Bonchev–Trinajstić information content (AvgIpc) is 2.93. The van der Waals surface area contributed by atoms with Crippen molar-refractivity contribution in [2.45, 2.75) is 19.8 Å². The number of anilines is 1. The maximum absolute atomic E-state index is 14.1. The number of carbonyl (C=O) groups is 2.